The van der Waals surface area contributed by atoms with E-state index in [2.05, 4.69) is 73.8 Å². The molecule has 1 aliphatic carbocycles. The second-order valence-electron chi connectivity index (χ2n) is 6.49. The molecule has 0 aliphatic heterocycles. The molecule has 0 saturated heterocycles. The standard InChI is InChI=1S/C18H30N4/c1-5-19-18(21-17-11-14(17)2)20-13-16(22(3)4)12-15-9-7-6-8-10-15/h6-10,14,16-17H,5,11-13H2,1-4H3,(H2,19,20,21). The van der Waals surface area contributed by atoms with E-state index in [4.69, 9.17) is 4.99 Å². The van der Waals surface area contributed by atoms with Crippen LogP contribution in [0.5, 0.6) is 0 Å². The molecule has 122 valence electrons. The third-order valence-corrected chi connectivity index (χ3v) is 4.28. The topological polar surface area (TPSA) is 39.7 Å². The maximum absolute atomic E-state index is 4.80. The van der Waals surface area contributed by atoms with Crippen molar-refractivity contribution in [2.45, 2.75) is 38.8 Å². The molecule has 3 atom stereocenters. The van der Waals surface area contributed by atoms with Crippen LogP contribution in [0.15, 0.2) is 35.3 Å². The molecule has 2 N–H and O–H groups in total. The summed E-state index contributed by atoms with van der Waals surface area (Å²) in [5.74, 6) is 1.73. The second kappa shape index (κ2) is 8.18. The summed E-state index contributed by atoms with van der Waals surface area (Å²) in [6, 6.07) is 11.7. The van der Waals surface area contributed by atoms with Gasteiger partial charge in [0.25, 0.3) is 0 Å². The third kappa shape index (κ3) is 5.34. The number of nitrogens with one attached hydrogen (secondary N) is 2. The van der Waals surface area contributed by atoms with Crippen LogP contribution < -0.4 is 10.6 Å². The zero-order valence-electron chi connectivity index (χ0n) is 14.3. The van der Waals surface area contributed by atoms with Crippen LogP contribution in [-0.2, 0) is 6.42 Å². The maximum Gasteiger partial charge on any atom is 0.191 e. The molecule has 1 aliphatic rings. The highest BCUT2D eigenvalue weighted by atomic mass is 15.2. The fraction of sp³-hybridized carbons (Fsp3) is 0.611. The Balaban J connectivity index is 1.94. The summed E-state index contributed by atoms with van der Waals surface area (Å²) in [4.78, 5) is 7.06. The van der Waals surface area contributed by atoms with E-state index in [1.165, 1.54) is 12.0 Å². The highest BCUT2D eigenvalue weighted by molar-refractivity contribution is 5.80. The number of rotatable bonds is 7. The first-order chi connectivity index (χ1) is 10.6. The van der Waals surface area contributed by atoms with E-state index in [-0.39, 0.29) is 0 Å². The SMILES string of the molecule is CCNC(=NCC(Cc1ccccc1)N(C)C)NC1CC1C. The van der Waals surface area contributed by atoms with Gasteiger partial charge in [-0.05, 0) is 45.3 Å². The molecule has 0 aromatic heterocycles. The smallest absolute Gasteiger partial charge is 0.191 e. The Morgan fingerprint density at radius 3 is 2.55 bits per heavy atom. The van der Waals surface area contributed by atoms with E-state index in [0.717, 1.165) is 31.4 Å². The first-order valence-electron chi connectivity index (χ1n) is 8.35. The van der Waals surface area contributed by atoms with Crippen LogP contribution >= 0.6 is 0 Å². The molecular formula is C18H30N4. The van der Waals surface area contributed by atoms with E-state index in [9.17, 15) is 0 Å². The van der Waals surface area contributed by atoms with Crippen molar-refractivity contribution in [3.63, 3.8) is 0 Å². The molecule has 22 heavy (non-hydrogen) atoms. The number of benzene rings is 1. The lowest BCUT2D eigenvalue weighted by molar-refractivity contribution is 0.298. The summed E-state index contributed by atoms with van der Waals surface area (Å²) in [5.41, 5.74) is 1.37. The zero-order valence-corrected chi connectivity index (χ0v) is 14.3. The number of hydrogen-bond donors (Lipinski definition) is 2. The molecule has 4 heteroatoms. The van der Waals surface area contributed by atoms with Gasteiger partial charge in [-0.2, -0.15) is 0 Å². The van der Waals surface area contributed by atoms with E-state index in [0.29, 0.717) is 12.1 Å². The van der Waals surface area contributed by atoms with E-state index in [1.54, 1.807) is 0 Å². The van der Waals surface area contributed by atoms with Crippen LogP contribution in [0.4, 0.5) is 0 Å². The van der Waals surface area contributed by atoms with Crippen molar-refractivity contribution in [1.82, 2.24) is 15.5 Å². The van der Waals surface area contributed by atoms with Gasteiger partial charge in [0, 0.05) is 18.6 Å². The molecule has 0 bridgehead atoms. The summed E-state index contributed by atoms with van der Waals surface area (Å²) in [6.45, 7) is 6.09. The van der Waals surface area contributed by atoms with Crippen LogP contribution in [0.2, 0.25) is 0 Å². The quantitative estimate of drug-likeness (QED) is 0.599. The Bertz CT molecular complexity index is 469. The van der Waals surface area contributed by atoms with Gasteiger partial charge in [0.15, 0.2) is 5.96 Å². The molecule has 1 fully saturated rings. The van der Waals surface area contributed by atoms with E-state index in [1.807, 2.05) is 0 Å². The predicted octanol–water partition coefficient (Wildman–Crippen LogP) is 2.12. The van der Waals surface area contributed by atoms with Gasteiger partial charge in [-0.3, -0.25) is 4.99 Å². The molecular weight excluding hydrogens is 272 g/mol. The molecule has 1 aromatic carbocycles. The summed E-state index contributed by atoms with van der Waals surface area (Å²) in [5, 5.41) is 6.87. The molecule has 0 spiro atoms. The summed E-state index contributed by atoms with van der Waals surface area (Å²) >= 11 is 0. The number of hydrogen-bond acceptors (Lipinski definition) is 2. The molecule has 4 nitrogen and oxygen atoms in total. The Morgan fingerprint density at radius 2 is 2.00 bits per heavy atom. The van der Waals surface area contributed by atoms with Gasteiger partial charge >= 0.3 is 0 Å². The van der Waals surface area contributed by atoms with Gasteiger partial charge in [0.2, 0.25) is 0 Å². The van der Waals surface area contributed by atoms with Crippen molar-refractivity contribution in [3.8, 4) is 0 Å². The van der Waals surface area contributed by atoms with Gasteiger partial charge in [-0.15, -0.1) is 0 Å². The Kier molecular flexibility index (Phi) is 6.25. The number of likely N-dealkylation sites (N-methyl/N-ethyl adjacent to an activating group) is 1. The van der Waals surface area contributed by atoms with Crippen molar-refractivity contribution in [2.75, 3.05) is 27.2 Å². The van der Waals surface area contributed by atoms with Gasteiger partial charge in [0.05, 0.1) is 6.54 Å². The van der Waals surface area contributed by atoms with Gasteiger partial charge in [-0.25, -0.2) is 0 Å². The molecule has 0 radical (unpaired) electrons. The molecule has 0 amide bonds. The number of guanidine groups is 1. The minimum atomic E-state index is 0.412. The molecule has 3 unspecified atom stereocenters. The van der Waals surface area contributed by atoms with Crippen molar-refractivity contribution >= 4 is 5.96 Å². The van der Waals surface area contributed by atoms with Gasteiger partial charge in [-0.1, -0.05) is 37.3 Å². The average molecular weight is 302 g/mol. The average Bonchev–Trinajstić information content (AvgIpc) is 3.19. The van der Waals surface area contributed by atoms with Crippen LogP contribution in [0.25, 0.3) is 0 Å². The van der Waals surface area contributed by atoms with E-state index >= 15 is 0 Å². The minimum Gasteiger partial charge on any atom is -0.357 e. The highest BCUT2D eigenvalue weighted by Crippen LogP contribution is 2.28. The largest absolute Gasteiger partial charge is 0.357 e. The van der Waals surface area contributed by atoms with Crippen molar-refractivity contribution in [2.24, 2.45) is 10.9 Å². The molecule has 0 heterocycles. The summed E-state index contributed by atoms with van der Waals surface area (Å²) in [7, 11) is 4.26. The lowest BCUT2D eigenvalue weighted by Crippen LogP contribution is -2.41. The number of nitrogens with zero attached hydrogens (tertiary/aromatic N) is 2. The highest BCUT2D eigenvalue weighted by Gasteiger charge is 2.33. The molecule has 1 aromatic rings. The van der Waals surface area contributed by atoms with Crippen molar-refractivity contribution in [3.05, 3.63) is 35.9 Å². The van der Waals surface area contributed by atoms with Crippen LogP contribution in [0.1, 0.15) is 25.8 Å². The normalized spacial score (nSPS) is 22.5. The maximum atomic E-state index is 4.80. The lowest BCUT2D eigenvalue weighted by Gasteiger charge is -2.23. The fourth-order valence-corrected chi connectivity index (χ4v) is 2.51. The van der Waals surface area contributed by atoms with Crippen LogP contribution in [-0.4, -0.2) is 50.1 Å². The van der Waals surface area contributed by atoms with Crippen molar-refractivity contribution < 1.29 is 0 Å². The molecule has 2 rings (SSSR count). The summed E-state index contributed by atoms with van der Waals surface area (Å²) in [6.07, 6.45) is 2.28. The third-order valence-electron chi connectivity index (χ3n) is 4.28. The van der Waals surface area contributed by atoms with Gasteiger partial charge < -0.3 is 15.5 Å². The first kappa shape index (κ1) is 16.8. The Hall–Kier alpha value is -1.55. The Morgan fingerprint density at radius 1 is 1.32 bits per heavy atom. The lowest BCUT2D eigenvalue weighted by atomic mass is 10.1. The van der Waals surface area contributed by atoms with Crippen molar-refractivity contribution in [1.29, 1.82) is 0 Å². The Labute approximate surface area is 135 Å². The van der Waals surface area contributed by atoms with Crippen LogP contribution in [0.3, 0.4) is 0 Å². The van der Waals surface area contributed by atoms with Crippen LogP contribution in [0, 0.1) is 5.92 Å². The molecule has 1 saturated carbocycles. The number of aliphatic imine (C=N–C) groups is 1. The fourth-order valence-electron chi connectivity index (χ4n) is 2.51. The minimum absolute atomic E-state index is 0.412. The van der Waals surface area contributed by atoms with E-state index < -0.39 is 0 Å². The second-order valence-corrected chi connectivity index (χ2v) is 6.49. The predicted molar refractivity (Wildman–Crippen MR) is 94.3 cm³/mol. The monoisotopic (exact) mass is 302 g/mol. The first-order valence-corrected chi connectivity index (χ1v) is 8.35. The zero-order chi connectivity index (χ0) is 15.9. The summed E-state index contributed by atoms with van der Waals surface area (Å²) < 4.78 is 0. The van der Waals surface area contributed by atoms with Gasteiger partial charge in [0.1, 0.15) is 0 Å².